The highest BCUT2D eigenvalue weighted by Gasteiger charge is 2.30. The lowest BCUT2D eigenvalue weighted by Crippen LogP contribution is -2.52. The van der Waals surface area contributed by atoms with Gasteiger partial charge in [-0.25, -0.2) is 0 Å². The Balaban J connectivity index is 1.92. The summed E-state index contributed by atoms with van der Waals surface area (Å²) < 4.78 is 5.64. The first kappa shape index (κ1) is 11.9. The number of hydrogen-bond acceptors (Lipinski definition) is 3. The van der Waals surface area contributed by atoms with E-state index in [1.165, 1.54) is 0 Å². The summed E-state index contributed by atoms with van der Waals surface area (Å²) in [6, 6.07) is 0. The zero-order valence-electron chi connectivity index (χ0n) is 10.2. The Hall–Kier alpha value is -0.610. The molecule has 0 saturated carbocycles. The van der Waals surface area contributed by atoms with Crippen LogP contribution in [0.4, 0.5) is 0 Å². The van der Waals surface area contributed by atoms with E-state index in [1.807, 2.05) is 18.7 Å². The molecule has 16 heavy (non-hydrogen) atoms. The van der Waals surface area contributed by atoms with Crippen LogP contribution in [0.2, 0.25) is 0 Å². The second kappa shape index (κ2) is 5.15. The van der Waals surface area contributed by atoms with E-state index < -0.39 is 0 Å². The highest BCUT2D eigenvalue weighted by atomic mass is 16.5. The van der Waals surface area contributed by atoms with E-state index in [-0.39, 0.29) is 18.1 Å². The minimum atomic E-state index is 0.171. The van der Waals surface area contributed by atoms with Crippen molar-refractivity contribution in [2.75, 3.05) is 26.2 Å². The number of morpholine rings is 1. The minimum Gasteiger partial charge on any atom is -0.372 e. The number of amides is 1. The number of nitrogens with zero attached hydrogens (tertiary/aromatic N) is 1. The summed E-state index contributed by atoms with van der Waals surface area (Å²) >= 11 is 0. The van der Waals surface area contributed by atoms with Gasteiger partial charge in [0.1, 0.15) is 0 Å². The summed E-state index contributed by atoms with van der Waals surface area (Å²) in [5, 5.41) is 3.30. The summed E-state index contributed by atoms with van der Waals surface area (Å²) in [4.78, 5) is 14.3. The van der Waals surface area contributed by atoms with Gasteiger partial charge in [-0.3, -0.25) is 4.79 Å². The molecule has 4 nitrogen and oxygen atoms in total. The third-order valence-electron chi connectivity index (χ3n) is 3.38. The summed E-state index contributed by atoms with van der Waals surface area (Å²) in [6.07, 6.45) is 2.49. The molecule has 92 valence electrons. The van der Waals surface area contributed by atoms with Crippen LogP contribution in [-0.2, 0) is 9.53 Å². The molecule has 0 spiro atoms. The normalized spacial score (nSPS) is 36.1. The van der Waals surface area contributed by atoms with Gasteiger partial charge in [0.2, 0.25) is 5.91 Å². The van der Waals surface area contributed by atoms with Gasteiger partial charge in [-0.2, -0.15) is 0 Å². The van der Waals surface area contributed by atoms with Crippen molar-refractivity contribution in [3.8, 4) is 0 Å². The van der Waals surface area contributed by atoms with Crippen LogP contribution in [-0.4, -0.2) is 49.2 Å². The molecular formula is C12H22N2O2. The molecule has 1 amide bonds. The molecule has 0 radical (unpaired) electrons. The number of carbonyl (C=O) groups excluding carboxylic acids is 1. The fourth-order valence-corrected chi connectivity index (χ4v) is 2.68. The SMILES string of the molecule is CC1CN(C(=O)[C@H]2CCCNC2)CC(C)O1. The molecule has 0 aliphatic carbocycles. The smallest absolute Gasteiger partial charge is 0.227 e. The Morgan fingerprint density at radius 1 is 1.31 bits per heavy atom. The van der Waals surface area contributed by atoms with E-state index in [2.05, 4.69) is 5.32 Å². The van der Waals surface area contributed by atoms with Gasteiger partial charge >= 0.3 is 0 Å². The lowest BCUT2D eigenvalue weighted by atomic mass is 9.97. The number of carbonyl (C=O) groups is 1. The van der Waals surface area contributed by atoms with Gasteiger partial charge in [0, 0.05) is 19.6 Å². The van der Waals surface area contributed by atoms with Crippen LogP contribution in [0.25, 0.3) is 0 Å². The topological polar surface area (TPSA) is 41.6 Å². The molecule has 4 heteroatoms. The van der Waals surface area contributed by atoms with Gasteiger partial charge in [0.05, 0.1) is 18.1 Å². The van der Waals surface area contributed by atoms with E-state index in [9.17, 15) is 4.79 Å². The fourth-order valence-electron chi connectivity index (χ4n) is 2.68. The minimum absolute atomic E-state index is 0.171. The number of ether oxygens (including phenoxy) is 1. The maximum atomic E-state index is 12.3. The number of hydrogen-bond donors (Lipinski definition) is 1. The molecule has 0 bridgehead atoms. The van der Waals surface area contributed by atoms with E-state index in [0.29, 0.717) is 5.91 Å². The Kier molecular flexibility index (Phi) is 3.82. The lowest BCUT2D eigenvalue weighted by Gasteiger charge is -2.37. The van der Waals surface area contributed by atoms with Crippen molar-refractivity contribution < 1.29 is 9.53 Å². The molecule has 3 atom stereocenters. The maximum absolute atomic E-state index is 12.3. The van der Waals surface area contributed by atoms with Crippen molar-refractivity contribution >= 4 is 5.91 Å². The van der Waals surface area contributed by atoms with Crippen molar-refractivity contribution in [2.45, 2.75) is 38.9 Å². The van der Waals surface area contributed by atoms with Gasteiger partial charge in [-0.1, -0.05) is 0 Å². The molecule has 0 aromatic heterocycles. The summed E-state index contributed by atoms with van der Waals surface area (Å²) in [5.41, 5.74) is 0. The monoisotopic (exact) mass is 226 g/mol. The molecular weight excluding hydrogens is 204 g/mol. The van der Waals surface area contributed by atoms with Crippen molar-refractivity contribution in [3.63, 3.8) is 0 Å². The molecule has 0 aromatic carbocycles. The van der Waals surface area contributed by atoms with Gasteiger partial charge in [0.25, 0.3) is 0 Å². The molecule has 2 aliphatic rings. The predicted molar refractivity (Wildman–Crippen MR) is 62.2 cm³/mol. The zero-order chi connectivity index (χ0) is 11.5. The number of rotatable bonds is 1. The molecule has 2 unspecified atom stereocenters. The van der Waals surface area contributed by atoms with Gasteiger partial charge in [0.15, 0.2) is 0 Å². The second-order valence-electron chi connectivity index (χ2n) is 5.04. The molecule has 1 N–H and O–H groups in total. The van der Waals surface area contributed by atoms with Crippen LogP contribution in [0.3, 0.4) is 0 Å². The van der Waals surface area contributed by atoms with E-state index in [0.717, 1.165) is 39.0 Å². The van der Waals surface area contributed by atoms with Gasteiger partial charge in [-0.05, 0) is 33.2 Å². The predicted octanol–water partition coefficient (Wildman–Crippen LogP) is 0.622. The third kappa shape index (κ3) is 2.74. The Morgan fingerprint density at radius 3 is 2.56 bits per heavy atom. The average Bonchev–Trinajstić information content (AvgIpc) is 2.28. The highest BCUT2D eigenvalue weighted by molar-refractivity contribution is 5.79. The summed E-state index contributed by atoms with van der Waals surface area (Å²) in [5.74, 6) is 0.500. The van der Waals surface area contributed by atoms with Crippen LogP contribution in [0.5, 0.6) is 0 Å². The van der Waals surface area contributed by atoms with Crippen LogP contribution < -0.4 is 5.32 Å². The molecule has 2 saturated heterocycles. The van der Waals surface area contributed by atoms with Gasteiger partial charge < -0.3 is 15.0 Å². The second-order valence-corrected chi connectivity index (χ2v) is 5.04. The van der Waals surface area contributed by atoms with Gasteiger partial charge in [-0.15, -0.1) is 0 Å². The summed E-state index contributed by atoms with van der Waals surface area (Å²) in [6.45, 7) is 7.47. The standard InChI is InChI=1S/C12H22N2O2/c1-9-7-14(8-10(2)16-9)12(15)11-4-3-5-13-6-11/h9-11,13H,3-8H2,1-2H3/t9?,10?,11-/m0/s1. The quantitative estimate of drug-likeness (QED) is 0.713. The summed E-state index contributed by atoms with van der Waals surface area (Å²) in [7, 11) is 0. The van der Waals surface area contributed by atoms with Crippen molar-refractivity contribution in [3.05, 3.63) is 0 Å². The van der Waals surface area contributed by atoms with E-state index in [4.69, 9.17) is 4.74 Å². The molecule has 2 heterocycles. The Bertz CT molecular complexity index is 241. The van der Waals surface area contributed by atoms with Crippen LogP contribution in [0.1, 0.15) is 26.7 Å². The molecule has 0 aromatic rings. The lowest BCUT2D eigenvalue weighted by molar-refractivity contribution is -0.147. The van der Waals surface area contributed by atoms with E-state index >= 15 is 0 Å². The Labute approximate surface area is 97.3 Å². The van der Waals surface area contributed by atoms with Crippen molar-refractivity contribution in [1.82, 2.24) is 10.2 Å². The van der Waals surface area contributed by atoms with Crippen molar-refractivity contribution in [2.24, 2.45) is 5.92 Å². The molecule has 2 fully saturated rings. The fraction of sp³-hybridized carbons (Fsp3) is 0.917. The number of piperidine rings is 1. The van der Waals surface area contributed by atoms with E-state index in [1.54, 1.807) is 0 Å². The molecule has 2 rings (SSSR count). The largest absolute Gasteiger partial charge is 0.372 e. The zero-order valence-corrected chi connectivity index (χ0v) is 10.2. The van der Waals surface area contributed by atoms with Crippen molar-refractivity contribution in [1.29, 1.82) is 0 Å². The average molecular weight is 226 g/mol. The maximum Gasteiger partial charge on any atom is 0.227 e. The first-order chi connectivity index (χ1) is 7.66. The first-order valence-electron chi connectivity index (χ1n) is 6.32. The Morgan fingerprint density at radius 2 is 2.00 bits per heavy atom. The van der Waals surface area contributed by atoms with Crippen LogP contribution in [0, 0.1) is 5.92 Å². The van der Waals surface area contributed by atoms with Crippen LogP contribution >= 0.6 is 0 Å². The van der Waals surface area contributed by atoms with Crippen LogP contribution in [0.15, 0.2) is 0 Å². The third-order valence-corrected chi connectivity index (χ3v) is 3.38. The first-order valence-corrected chi connectivity index (χ1v) is 6.32. The highest BCUT2D eigenvalue weighted by Crippen LogP contribution is 2.17. The molecule has 2 aliphatic heterocycles. The number of nitrogens with one attached hydrogen (secondary N) is 1.